The molecule has 0 radical (unpaired) electrons. The molecule has 0 aliphatic rings. The number of rotatable bonds is 4. The molecule has 2 aromatic rings. The zero-order chi connectivity index (χ0) is 14.7. The monoisotopic (exact) mass is 291 g/mol. The van der Waals surface area contributed by atoms with Gasteiger partial charge in [-0.3, -0.25) is 9.59 Å². The molecule has 5 nitrogen and oxygen atoms in total. The minimum Gasteiger partial charge on any atom is -0.341 e. The van der Waals surface area contributed by atoms with Crippen molar-refractivity contribution in [3.05, 3.63) is 49.8 Å². The van der Waals surface area contributed by atoms with Crippen LogP contribution in [-0.4, -0.2) is 34.4 Å². The van der Waals surface area contributed by atoms with E-state index in [0.717, 1.165) is 12.1 Å². The van der Waals surface area contributed by atoms with E-state index in [1.54, 1.807) is 36.3 Å². The Hall–Kier alpha value is -1.95. The summed E-state index contributed by atoms with van der Waals surface area (Å²) in [6.45, 7) is 4.33. The van der Waals surface area contributed by atoms with Gasteiger partial charge in [0.25, 0.3) is 5.91 Å². The summed E-state index contributed by atoms with van der Waals surface area (Å²) in [6, 6.07) is 3.03. The Balaban J connectivity index is 2.05. The van der Waals surface area contributed by atoms with Crippen molar-refractivity contribution in [1.82, 2.24) is 14.9 Å². The Morgan fingerprint density at radius 2 is 2.15 bits per heavy atom. The molecule has 0 fully saturated rings. The molecule has 0 saturated heterocycles. The minimum atomic E-state index is -0.250. The van der Waals surface area contributed by atoms with E-state index in [1.807, 2.05) is 12.4 Å². The fraction of sp³-hybridized carbons (Fsp3) is 0.357. The lowest BCUT2D eigenvalue weighted by Crippen LogP contribution is -2.29. The molecule has 0 saturated carbocycles. The minimum absolute atomic E-state index is 0.138. The number of hydrogen-bond donors (Lipinski definition) is 1. The van der Waals surface area contributed by atoms with Crippen LogP contribution in [0.2, 0.25) is 0 Å². The fourth-order valence-corrected chi connectivity index (χ4v) is 2.73. The topological polar surface area (TPSA) is 66.1 Å². The predicted molar refractivity (Wildman–Crippen MR) is 79.3 cm³/mol. The number of aromatic nitrogens is 2. The Kier molecular flexibility index (Phi) is 4.34. The molecule has 0 aliphatic heterocycles. The van der Waals surface area contributed by atoms with Gasteiger partial charge >= 0.3 is 0 Å². The fourth-order valence-electron chi connectivity index (χ4n) is 1.96. The summed E-state index contributed by atoms with van der Waals surface area (Å²) < 4.78 is 0. The van der Waals surface area contributed by atoms with Gasteiger partial charge < -0.3 is 9.88 Å². The van der Waals surface area contributed by atoms with Crippen LogP contribution >= 0.6 is 11.3 Å². The Morgan fingerprint density at radius 1 is 1.40 bits per heavy atom. The molecule has 2 heterocycles. The highest BCUT2D eigenvalue weighted by Gasteiger charge is 2.13. The number of nitrogens with one attached hydrogen (secondary N) is 1. The van der Waals surface area contributed by atoms with Gasteiger partial charge in [0, 0.05) is 42.2 Å². The molecular formula is C14H17N3O2S. The van der Waals surface area contributed by atoms with E-state index in [1.165, 1.54) is 10.9 Å². The first-order valence-corrected chi connectivity index (χ1v) is 7.20. The van der Waals surface area contributed by atoms with E-state index in [9.17, 15) is 9.59 Å². The number of nitrogens with zero attached hydrogens (tertiary/aromatic N) is 2. The number of thiazole rings is 1. The first-order chi connectivity index (χ1) is 9.47. The molecule has 6 heteroatoms. The van der Waals surface area contributed by atoms with Crippen molar-refractivity contribution in [1.29, 1.82) is 0 Å². The Labute approximate surface area is 121 Å². The van der Waals surface area contributed by atoms with Crippen molar-refractivity contribution >= 4 is 17.2 Å². The number of aromatic amines is 1. The van der Waals surface area contributed by atoms with Crippen LogP contribution in [0.15, 0.2) is 22.4 Å². The second-order valence-corrected chi connectivity index (χ2v) is 5.69. The molecule has 0 aromatic carbocycles. The first kappa shape index (κ1) is 14.5. The second-order valence-electron chi connectivity index (χ2n) is 4.75. The summed E-state index contributed by atoms with van der Waals surface area (Å²) in [5.41, 5.74) is 3.69. The van der Waals surface area contributed by atoms with Crippen LogP contribution in [0, 0.1) is 13.8 Å². The summed E-state index contributed by atoms with van der Waals surface area (Å²) in [6.07, 6.45) is 0.779. The van der Waals surface area contributed by atoms with Crippen LogP contribution < -0.4 is 5.56 Å². The average molecular weight is 291 g/mol. The van der Waals surface area contributed by atoms with Gasteiger partial charge in [0.1, 0.15) is 0 Å². The van der Waals surface area contributed by atoms with Gasteiger partial charge in [-0.1, -0.05) is 0 Å². The third-order valence-corrected chi connectivity index (χ3v) is 4.09. The molecule has 0 unspecified atom stereocenters. The van der Waals surface area contributed by atoms with Gasteiger partial charge in [-0.15, -0.1) is 11.3 Å². The van der Waals surface area contributed by atoms with Crippen molar-refractivity contribution in [2.75, 3.05) is 13.6 Å². The van der Waals surface area contributed by atoms with E-state index in [-0.39, 0.29) is 11.5 Å². The Bertz CT molecular complexity index is 675. The number of amides is 1. The maximum Gasteiger partial charge on any atom is 0.253 e. The number of carbonyl (C=O) groups excluding carboxylic acids is 1. The zero-order valence-corrected chi connectivity index (χ0v) is 12.6. The second kappa shape index (κ2) is 6.00. The molecule has 0 spiro atoms. The molecule has 1 N–H and O–H groups in total. The van der Waals surface area contributed by atoms with E-state index >= 15 is 0 Å². The maximum absolute atomic E-state index is 12.3. The third kappa shape index (κ3) is 3.33. The number of carbonyl (C=O) groups is 1. The lowest BCUT2D eigenvalue weighted by Gasteiger charge is -2.17. The highest BCUT2D eigenvalue weighted by molar-refractivity contribution is 7.09. The van der Waals surface area contributed by atoms with Crippen molar-refractivity contribution < 1.29 is 4.79 Å². The van der Waals surface area contributed by atoms with E-state index in [2.05, 4.69) is 9.97 Å². The Morgan fingerprint density at radius 3 is 2.75 bits per heavy atom. The van der Waals surface area contributed by atoms with Crippen LogP contribution in [0.1, 0.15) is 26.6 Å². The first-order valence-electron chi connectivity index (χ1n) is 6.33. The molecular weight excluding hydrogens is 274 g/mol. The zero-order valence-electron chi connectivity index (χ0n) is 11.8. The smallest absolute Gasteiger partial charge is 0.253 e. The van der Waals surface area contributed by atoms with Crippen molar-refractivity contribution in [3.63, 3.8) is 0 Å². The molecule has 1 amide bonds. The molecule has 20 heavy (non-hydrogen) atoms. The normalized spacial score (nSPS) is 10.6. The van der Waals surface area contributed by atoms with Gasteiger partial charge in [0.2, 0.25) is 5.56 Å². The number of H-pyrrole nitrogens is 1. The molecule has 0 bridgehead atoms. The van der Waals surface area contributed by atoms with Crippen LogP contribution in [-0.2, 0) is 6.42 Å². The number of hydrogen-bond acceptors (Lipinski definition) is 4. The summed E-state index contributed by atoms with van der Waals surface area (Å²) >= 11 is 1.60. The van der Waals surface area contributed by atoms with Gasteiger partial charge in [0.05, 0.1) is 11.2 Å². The summed E-state index contributed by atoms with van der Waals surface area (Å²) in [4.78, 5) is 33.3. The molecule has 2 aromatic heterocycles. The maximum atomic E-state index is 12.3. The third-order valence-electron chi connectivity index (χ3n) is 3.09. The van der Waals surface area contributed by atoms with Crippen LogP contribution in [0.25, 0.3) is 0 Å². The van der Waals surface area contributed by atoms with Crippen molar-refractivity contribution in [2.24, 2.45) is 0 Å². The number of aryl methyl sites for hydroxylation is 2. The molecule has 2 rings (SSSR count). The number of pyridine rings is 1. The standard InChI is InChI=1S/C14H17N3O2S/c1-9-6-11(7-13(18)16-9)14(19)17(3)5-4-12-10(2)15-8-20-12/h6-8H,4-5H2,1-3H3,(H,16,18). The summed E-state index contributed by atoms with van der Waals surface area (Å²) in [5, 5.41) is 0. The van der Waals surface area contributed by atoms with Crippen LogP contribution in [0.5, 0.6) is 0 Å². The lowest BCUT2D eigenvalue weighted by molar-refractivity contribution is 0.0796. The highest BCUT2D eigenvalue weighted by Crippen LogP contribution is 2.13. The summed E-state index contributed by atoms with van der Waals surface area (Å²) in [5.74, 6) is -0.138. The van der Waals surface area contributed by atoms with Gasteiger partial charge in [-0.25, -0.2) is 4.98 Å². The van der Waals surface area contributed by atoms with E-state index < -0.39 is 0 Å². The van der Waals surface area contributed by atoms with E-state index in [0.29, 0.717) is 17.8 Å². The lowest BCUT2D eigenvalue weighted by atomic mass is 10.2. The van der Waals surface area contributed by atoms with Gasteiger partial charge in [-0.05, 0) is 19.9 Å². The number of likely N-dealkylation sites (N-methyl/N-ethyl adjacent to an activating group) is 1. The van der Waals surface area contributed by atoms with E-state index in [4.69, 9.17) is 0 Å². The van der Waals surface area contributed by atoms with Crippen LogP contribution in [0.3, 0.4) is 0 Å². The predicted octanol–water partition coefficient (Wildman–Crippen LogP) is 1.76. The van der Waals surface area contributed by atoms with Gasteiger partial charge in [-0.2, -0.15) is 0 Å². The molecule has 0 aliphatic carbocycles. The SMILES string of the molecule is Cc1cc(C(=O)N(C)CCc2scnc2C)cc(=O)[nH]1. The molecule has 106 valence electrons. The quantitative estimate of drug-likeness (QED) is 0.933. The van der Waals surface area contributed by atoms with Gasteiger partial charge in [0.15, 0.2) is 0 Å². The molecule has 0 atom stereocenters. The average Bonchev–Trinajstić information content (AvgIpc) is 2.79. The van der Waals surface area contributed by atoms with Crippen LogP contribution in [0.4, 0.5) is 0 Å². The highest BCUT2D eigenvalue weighted by atomic mass is 32.1. The largest absolute Gasteiger partial charge is 0.341 e. The van der Waals surface area contributed by atoms with Crippen molar-refractivity contribution in [2.45, 2.75) is 20.3 Å². The van der Waals surface area contributed by atoms with Crippen molar-refractivity contribution in [3.8, 4) is 0 Å². The summed E-state index contributed by atoms with van der Waals surface area (Å²) in [7, 11) is 1.75.